The van der Waals surface area contributed by atoms with Crippen LogP contribution in [-0.4, -0.2) is 0 Å². The van der Waals surface area contributed by atoms with Crippen molar-refractivity contribution in [1.82, 2.24) is 0 Å². The van der Waals surface area contributed by atoms with E-state index in [0.717, 1.165) is 34.1 Å². The van der Waals surface area contributed by atoms with Gasteiger partial charge in [-0.25, -0.2) is 0 Å². The van der Waals surface area contributed by atoms with E-state index in [0.29, 0.717) is 0 Å². The number of benzene rings is 9. The van der Waals surface area contributed by atoms with Crippen molar-refractivity contribution in [2.45, 2.75) is 19.3 Å². The Bertz CT molecular complexity index is 2770. The Labute approximate surface area is 347 Å². The van der Waals surface area contributed by atoms with E-state index in [1.54, 1.807) is 0 Å². The van der Waals surface area contributed by atoms with Crippen LogP contribution in [0.25, 0.3) is 55.6 Å². The third-order valence-corrected chi connectivity index (χ3v) is 11.8. The van der Waals surface area contributed by atoms with E-state index < -0.39 is 0 Å². The highest BCUT2D eigenvalue weighted by Crippen LogP contribution is 2.49. The number of rotatable bonds is 8. The molecular formula is C57H43NO. The first kappa shape index (κ1) is 36.0. The molecule has 0 unspecified atom stereocenters. The van der Waals surface area contributed by atoms with Crippen LogP contribution in [0.4, 0.5) is 17.1 Å². The van der Waals surface area contributed by atoms with E-state index in [2.05, 4.69) is 237 Å². The number of nitrogens with zero attached hydrogens (tertiary/aromatic N) is 1. The van der Waals surface area contributed by atoms with Crippen molar-refractivity contribution in [1.29, 1.82) is 0 Å². The molecule has 59 heavy (non-hydrogen) atoms. The van der Waals surface area contributed by atoms with Crippen LogP contribution in [0.5, 0.6) is 11.5 Å². The van der Waals surface area contributed by atoms with Gasteiger partial charge >= 0.3 is 0 Å². The molecule has 2 nitrogen and oxygen atoms in total. The van der Waals surface area contributed by atoms with Gasteiger partial charge in [-0.15, -0.1) is 0 Å². The van der Waals surface area contributed by atoms with Crippen molar-refractivity contribution in [2.75, 3.05) is 4.90 Å². The van der Waals surface area contributed by atoms with Crippen molar-refractivity contribution in [3.05, 3.63) is 236 Å². The van der Waals surface area contributed by atoms with Crippen LogP contribution < -0.4 is 9.64 Å². The molecule has 1 aliphatic rings. The second kappa shape index (κ2) is 15.2. The smallest absolute Gasteiger partial charge is 0.131 e. The van der Waals surface area contributed by atoms with Crippen LogP contribution in [0.3, 0.4) is 0 Å². The van der Waals surface area contributed by atoms with Gasteiger partial charge in [-0.05, 0) is 110 Å². The Balaban J connectivity index is 1.02. The third-order valence-electron chi connectivity index (χ3n) is 11.8. The summed E-state index contributed by atoms with van der Waals surface area (Å²) in [7, 11) is 0. The lowest BCUT2D eigenvalue weighted by Gasteiger charge is -2.34. The molecule has 0 fully saturated rings. The van der Waals surface area contributed by atoms with Gasteiger partial charge in [0.2, 0.25) is 0 Å². The molecule has 0 radical (unpaired) electrons. The molecule has 1 heterocycles. The highest BCUT2D eigenvalue weighted by Gasteiger charge is 2.34. The van der Waals surface area contributed by atoms with Gasteiger partial charge < -0.3 is 9.64 Å². The van der Waals surface area contributed by atoms with Crippen LogP contribution in [0.2, 0.25) is 0 Å². The topological polar surface area (TPSA) is 12.5 Å². The van der Waals surface area contributed by atoms with Crippen molar-refractivity contribution in [3.63, 3.8) is 0 Å². The van der Waals surface area contributed by atoms with Gasteiger partial charge in [0.05, 0.1) is 0 Å². The van der Waals surface area contributed by atoms with Gasteiger partial charge in [-0.1, -0.05) is 184 Å². The predicted octanol–water partition coefficient (Wildman–Crippen LogP) is 15.9. The largest absolute Gasteiger partial charge is 0.457 e. The molecule has 2 heteroatoms. The number of hydrogen-bond acceptors (Lipinski definition) is 2. The summed E-state index contributed by atoms with van der Waals surface area (Å²) >= 11 is 0. The molecule has 0 atom stereocenters. The zero-order valence-electron chi connectivity index (χ0n) is 33.2. The van der Waals surface area contributed by atoms with Gasteiger partial charge in [-0.3, -0.25) is 0 Å². The normalized spacial score (nSPS) is 12.5. The summed E-state index contributed by atoms with van der Waals surface area (Å²) < 4.78 is 6.38. The van der Waals surface area contributed by atoms with Gasteiger partial charge in [0, 0.05) is 33.6 Å². The first-order valence-corrected chi connectivity index (χ1v) is 20.3. The molecule has 0 amide bonds. The molecular weight excluding hydrogens is 715 g/mol. The minimum Gasteiger partial charge on any atom is -0.457 e. The number of para-hydroxylation sites is 1. The molecule has 9 aromatic rings. The fourth-order valence-electron chi connectivity index (χ4n) is 8.66. The molecule has 0 bridgehead atoms. The SMILES string of the molecule is CC1(C)c2ccccc2Oc2ccc(-c3ccc(N(c4ccc(-c5ccccc5-c5ccccc5)cc4)c4ccc(-c5ccccc5-c5ccccc5)cc4)cc3)cc21. The molecule has 282 valence electrons. The molecule has 0 aliphatic carbocycles. The lowest BCUT2D eigenvalue weighted by atomic mass is 9.75. The maximum Gasteiger partial charge on any atom is 0.131 e. The highest BCUT2D eigenvalue weighted by molar-refractivity contribution is 5.87. The summed E-state index contributed by atoms with van der Waals surface area (Å²) in [6.45, 7) is 4.57. The summed E-state index contributed by atoms with van der Waals surface area (Å²) in [5.41, 5.74) is 17.5. The van der Waals surface area contributed by atoms with Crippen LogP contribution in [-0.2, 0) is 5.41 Å². The Hall–Kier alpha value is -7.42. The first-order valence-electron chi connectivity index (χ1n) is 20.3. The third kappa shape index (κ3) is 6.79. The highest BCUT2D eigenvalue weighted by atomic mass is 16.5. The predicted molar refractivity (Wildman–Crippen MR) is 247 cm³/mol. The molecule has 0 spiro atoms. The maximum atomic E-state index is 6.38. The Morgan fingerprint density at radius 2 is 0.661 bits per heavy atom. The second-order valence-corrected chi connectivity index (χ2v) is 15.7. The number of fused-ring (bicyclic) bond motifs is 2. The second-order valence-electron chi connectivity index (χ2n) is 15.7. The summed E-state index contributed by atoms with van der Waals surface area (Å²) in [6, 6.07) is 80.5. The zero-order chi connectivity index (χ0) is 39.8. The van der Waals surface area contributed by atoms with Crippen molar-refractivity contribution < 1.29 is 4.74 Å². The summed E-state index contributed by atoms with van der Waals surface area (Å²) in [4.78, 5) is 2.35. The van der Waals surface area contributed by atoms with Gasteiger partial charge in [-0.2, -0.15) is 0 Å². The number of hydrogen-bond donors (Lipinski definition) is 0. The van der Waals surface area contributed by atoms with Gasteiger partial charge in [0.15, 0.2) is 0 Å². The summed E-state index contributed by atoms with van der Waals surface area (Å²) in [6.07, 6.45) is 0. The van der Waals surface area contributed by atoms with E-state index in [1.165, 1.54) is 61.2 Å². The molecule has 0 aromatic heterocycles. The summed E-state index contributed by atoms with van der Waals surface area (Å²) in [5, 5.41) is 0. The van der Waals surface area contributed by atoms with E-state index in [1.807, 2.05) is 6.07 Å². The Morgan fingerprint density at radius 1 is 0.305 bits per heavy atom. The van der Waals surface area contributed by atoms with Crippen molar-refractivity contribution in [3.8, 4) is 67.1 Å². The molecule has 0 saturated carbocycles. The van der Waals surface area contributed by atoms with Gasteiger partial charge in [0.25, 0.3) is 0 Å². The van der Waals surface area contributed by atoms with Crippen LogP contribution in [0.1, 0.15) is 25.0 Å². The Kier molecular flexibility index (Phi) is 9.24. The average Bonchev–Trinajstić information content (AvgIpc) is 3.30. The van der Waals surface area contributed by atoms with Crippen molar-refractivity contribution >= 4 is 17.1 Å². The van der Waals surface area contributed by atoms with E-state index in [9.17, 15) is 0 Å². The zero-order valence-corrected chi connectivity index (χ0v) is 33.2. The summed E-state index contributed by atoms with van der Waals surface area (Å²) in [5.74, 6) is 1.86. The quantitative estimate of drug-likeness (QED) is 0.153. The van der Waals surface area contributed by atoms with E-state index in [4.69, 9.17) is 4.74 Å². The standard InChI is InChI=1S/C57H43NO/c1-57(2)53-23-13-14-24-55(53)59-56-38-31-45(39-54(56)57)40-25-32-46(33-26-40)58(47-34-27-43(28-35-47)51-21-11-9-19-49(51)41-15-5-3-6-16-41)48-36-29-44(30-37-48)52-22-12-10-20-50(52)42-17-7-4-8-18-42/h3-39H,1-2H3. The molecule has 10 rings (SSSR count). The fourth-order valence-corrected chi connectivity index (χ4v) is 8.66. The van der Waals surface area contributed by atoms with E-state index >= 15 is 0 Å². The number of ether oxygens (including phenoxy) is 1. The Morgan fingerprint density at radius 3 is 1.14 bits per heavy atom. The lowest BCUT2D eigenvalue weighted by Crippen LogP contribution is -2.24. The van der Waals surface area contributed by atoms with Crippen LogP contribution >= 0.6 is 0 Å². The van der Waals surface area contributed by atoms with Crippen LogP contribution in [0, 0.1) is 0 Å². The first-order chi connectivity index (χ1) is 29.0. The van der Waals surface area contributed by atoms with Gasteiger partial charge in [0.1, 0.15) is 11.5 Å². The minimum absolute atomic E-state index is 0.182. The molecule has 9 aromatic carbocycles. The average molecular weight is 758 g/mol. The molecule has 1 aliphatic heterocycles. The van der Waals surface area contributed by atoms with Crippen LogP contribution in [0.15, 0.2) is 224 Å². The lowest BCUT2D eigenvalue weighted by molar-refractivity contribution is 0.418. The minimum atomic E-state index is -0.182. The number of anilines is 3. The fraction of sp³-hybridized carbons (Fsp3) is 0.0526. The van der Waals surface area contributed by atoms with E-state index in [-0.39, 0.29) is 5.41 Å². The monoisotopic (exact) mass is 757 g/mol. The maximum absolute atomic E-state index is 6.38. The molecule has 0 N–H and O–H groups in total. The molecule has 0 saturated heterocycles. The van der Waals surface area contributed by atoms with Crippen molar-refractivity contribution in [2.24, 2.45) is 0 Å².